The lowest BCUT2D eigenvalue weighted by Crippen LogP contribution is -2.52. The first-order chi connectivity index (χ1) is 9.41. The van der Waals surface area contributed by atoms with Gasteiger partial charge in [-0.25, -0.2) is 9.59 Å². The molecule has 106 valence electrons. The molecule has 0 aromatic heterocycles. The minimum Gasteiger partial charge on any atom is -0.480 e. The monoisotopic (exact) mass is 277 g/mol. The molecule has 1 aliphatic heterocycles. The molecule has 2 unspecified atom stereocenters. The lowest BCUT2D eigenvalue weighted by molar-refractivity contribution is -0.140. The van der Waals surface area contributed by atoms with Gasteiger partial charge in [-0.15, -0.1) is 0 Å². The number of nitrogens with two attached hydrogens (primary N) is 1. The number of hydrogen-bond acceptors (Lipinski definition) is 3. The predicted octanol–water partition coefficient (Wildman–Crippen LogP) is 0.0857. The Balaban J connectivity index is 2.33. The Kier molecular flexibility index (Phi) is 3.60. The fourth-order valence-corrected chi connectivity index (χ4v) is 2.34. The van der Waals surface area contributed by atoms with E-state index in [1.807, 2.05) is 0 Å². The summed E-state index contributed by atoms with van der Waals surface area (Å²) in [7, 11) is 0. The number of hydrogen-bond donors (Lipinski definition) is 3. The maximum Gasteiger partial charge on any atom is 0.327 e. The smallest absolute Gasteiger partial charge is 0.327 e. The largest absolute Gasteiger partial charge is 0.480 e. The van der Waals surface area contributed by atoms with Gasteiger partial charge in [-0.1, -0.05) is 18.2 Å². The van der Waals surface area contributed by atoms with Crippen LogP contribution in [0.4, 0.5) is 10.5 Å². The molecule has 3 amide bonds. The quantitative estimate of drug-likeness (QED) is 0.726. The van der Waals surface area contributed by atoms with Crippen molar-refractivity contribution in [1.29, 1.82) is 0 Å². The zero-order chi connectivity index (χ0) is 14.9. The van der Waals surface area contributed by atoms with Gasteiger partial charge in [0.1, 0.15) is 12.1 Å². The standard InChI is InChI=1S/C13H15N3O4/c1-7(15-13(14)20)11(17)16-9-5-3-2-4-8(9)6-10(16)12(18)19/h2-5,7,10H,6H2,1H3,(H,18,19)(H3,14,15,20). The molecule has 1 heterocycles. The van der Waals surface area contributed by atoms with Gasteiger partial charge in [-0.05, 0) is 18.6 Å². The fourth-order valence-electron chi connectivity index (χ4n) is 2.34. The number of carbonyl (C=O) groups excluding carboxylic acids is 2. The highest BCUT2D eigenvalue weighted by atomic mass is 16.4. The van der Waals surface area contributed by atoms with E-state index in [4.69, 9.17) is 5.73 Å². The van der Waals surface area contributed by atoms with Crippen LogP contribution in [0.1, 0.15) is 12.5 Å². The van der Waals surface area contributed by atoms with Crippen LogP contribution >= 0.6 is 0 Å². The van der Waals surface area contributed by atoms with Crippen LogP contribution in [-0.4, -0.2) is 35.1 Å². The van der Waals surface area contributed by atoms with E-state index in [0.29, 0.717) is 5.69 Å². The van der Waals surface area contributed by atoms with E-state index in [2.05, 4.69) is 5.32 Å². The molecule has 7 nitrogen and oxygen atoms in total. The second-order valence-corrected chi connectivity index (χ2v) is 4.63. The van der Waals surface area contributed by atoms with Crippen LogP contribution in [0.5, 0.6) is 0 Å². The van der Waals surface area contributed by atoms with Crippen LogP contribution < -0.4 is 16.0 Å². The summed E-state index contributed by atoms with van der Waals surface area (Å²) >= 11 is 0. The van der Waals surface area contributed by atoms with Gasteiger partial charge in [0, 0.05) is 12.1 Å². The second kappa shape index (κ2) is 5.20. The third-order valence-electron chi connectivity index (χ3n) is 3.23. The Morgan fingerprint density at radius 1 is 1.40 bits per heavy atom. The summed E-state index contributed by atoms with van der Waals surface area (Å²) in [5.74, 6) is -1.58. The molecular formula is C13H15N3O4. The number of nitrogens with zero attached hydrogens (tertiary/aromatic N) is 1. The number of rotatable bonds is 3. The van der Waals surface area contributed by atoms with Crippen molar-refractivity contribution in [1.82, 2.24) is 5.32 Å². The summed E-state index contributed by atoms with van der Waals surface area (Å²) in [6, 6.07) is 4.31. The molecule has 0 spiro atoms. The van der Waals surface area contributed by atoms with Gasteiger partial charge >= 0.3 is 12.0 Å². The van der Waals surface area contributed by atoms with Gasteiger partial charge in [0.15, 0.2) is 0 Å². The molecule has 4 N–H and O–H groups in total. The molecule has 2 atom stereocenters. The van der Waals surface area contributed by atoms with E-state index >= 15 is 0 Å². The number of fused-ring (bicyclic) bond motifs is 1. The molecule has 7 heteroatoms. The van der Waals surface area contributed by atoms with Crippen molar-refractivity contribution < 1.29 is 19.5 Å². The molecule has 0 saturated heterocycles. The van der Waals surface area contributed by atoms with Gasteiger partial charge in [-0.3, -0.25) is 9.69 Å². The molecule has 0 fully saturated rings. The Bertz CT molecular complexity index is 572. The van der Waals surface area contributed by atoms with Crippen molar-refractivity contribution in [2.45, 2.75) is 25.4 Å². The molecule has 0 bridgehead atoms. The molecule has 0 saturated carbocycles. The van der Waals surface area contributed by atoms with E-state index < -0.39 is 30.0 Å². The number of aliphatic carboxylic acids is 1. The third kappa shape index (κ3) is 2.42. The number of carbonyl (C=O) groups is 3. The molecule has 1 aliphatic rings. The van der Waals surface area contributed by atoms with Gasteiger partial charge in [0.05, 0.1) is 0 Å². The molecule has 1 aromatic carbocycles. The predicted molar refractivity (Wildman–Crippen MR) is 71.2 cm³/mol. The van der Waals surface area contributed by atoms with E-state index in [-0.39, 0.29) is 6.42 Å². The van der Waals surface area contributed by atoms with Crippen molar-refractivity contribution in [3.63, 3.8) is 0 Å². The van der Waals surface area contributed by atoms with Crippen LogP contribution in [0, 0.1) is 0 Å². The average Bonchev–Trinajstić information content (AvgIpc) is 2.76. The van der Waals surface area contributed by atoms with Crippen LogP contribution in [0.2, 0.25) is 0 Å². The molecule has 2 rings (SSSR count). The fraction of sp³-hybridized carbons (Fsp3) is 0.308. The highest BCUT2D eigenvalue weighted by Crippen LogP contribution is 2.32. The molecule has 0 radical (unpaired) electrons. The SMILES string of the molecule is CC(NC(N)=O)C(=O)N1c2ccccc2CC1C(=O)O. The summed E-state index contributed by atoms with van der Waals surface area (Å²) in [6.07, 6.45) is 0.251. The second-order valence-electron chi connectivity index (χ2n) is 4.63. The highest BCUT2D eigenvalue weighted by molar-refractivity contribution is 6.05. The summed E-state index contributed by atoms with van der Waals surface area (Å²) in [5, 5.41) is 11.5. The van der Waals surface area contributed by atoms with Gasteiger partial charge in [-0.2, -0.15) is 0 Å². The zero-order valence-electron chi connectivity index (χ0n) is 10.9. The first kappa shape index (κ1) is 13.9. The van der Waals surface area contributed by atoms with Crippen molar-refractivity contribution in [3.05, 3.63) is 29.8 Å². The lowest BCUT2D eigenvalue weighted by Gasteiger charge is -2.25. The van der Waals surface area contributed by atoms with Gasteiger partial charge < -0.3 is 16.2 Å². The molecule has 20 heavy (non-hydrogen) atoms. The minimum absolute atomic E-state index is 0.251. The van der Waals surface area contributed by atoms with E-state index in [0.717, 1.165) is 5.56 Å². The maximum atomic E-state index is 12.4. The highest BCUT2D eigenvalue weighted by Gasteiger charge is 2.39. The number of anilines is 1. The molecule has 1 aromatic rings. The Morgan fingerprint density at radius 2 is 2.05 bits per heavy atom. The van der Waals surface area contributed by atoms with Gasteiger partial charge in [0.2, 0.25) is 5.91 Å². The number of urea groups is 1. The number of amides is 3. The summed E-state index contributed by atoms with van der Waals surface area (Å²) < 4.78 is 0. The summed E-state index contributed by atoms with van der Waals surface area (Å²) in [6.45, 7) is 1.47. The lowest BCUT2D eigenvalue weighted by atomic mass is 10.1. The minimum atomic E-state index is -1.08. The normalized spacial score (nSPS) is 18.2. The van der Waals surface area contributed by atoms with Crippen molar-refractivity contribution in [2.24, 2.45) is 5.73 Å². The summed E-state index contributed by atoms with van der Waals surface area (Å²) in [4.78, 5) is 35.7. The molecule has 0 aliphatic carbocycles. The Morgan fingerprint density at radius 3 is 2.65 bits per heavy atom. The molecular weight excluding hydrogens is 262 g/mol. The van der Waals surface area contributed by atoms with Crippen LogP contribution in [0.15, 0.2) is 24.3 Å². The first-order valence-electron chi connectivity index (χ1n) is 6.11. The van der Waals surface area contributed by atoms with Crippen molar-refractivity contribution >= 4 is 23.6 Å². The average molecular weight is 277 g/mol. The van der Waals surface area contributed by atoms with Crippen LogP contribution in [0.3, 0.4) is 0 Å². The Hall–Kier alpha value is -2.57. The Labute approximate surface area is 115 Å². The number of primary amides is 1. The zero-order valence-corrected chi connectivity index (χ0v) is 10.9. The maximum absolute atomic E-state index is 12.4. The number of nitrogens with one attached hydrogen (secondary N) is 1. The number of carboxylic acid groups (broad SMARTS) is 1. The number of para-hydroxylation sites is 1. The summed E-state index contributed by atoms with van der Waals surface area (Å²) in [5.41, 5.74) is 6.33. The first-order valence-corrected chi connectivity index (χ1v) is 6.11. The van der Waals surface area contributed by atoms with Crippen molar-refractivity contribution in [2.75, 3.05) is 4.90 Å². The van der Waals surface area contributed by atoms with E-state index in [1.165, 1.54) is 11.8 Å². The topological polar surface area (TPSA) is 113 Å². The number of carboxylic acids is 1. The van der Waals surface area contributed by atoms with E-state index in [1.54, 1.807) is 24.3 Å². The van der Waals surface area contributed by atoms with Gasteiger partial charge in [0.25, 0.3) is 0 Å². The van der Waals surface area contributed by atoms with Crippen molar-refractivity contribution in [3.8, 4) is 0 Å². The van der Waals surface area contributed by atoms with Crippen LogP contribution in [0.25, 0.3) is 0 Å². The third-order valence-corrected chi connectivity index (χ3v) is 3.23. The van der Waals surface area contributed by atoms with Crippen LogP contribution in [-0.2, 0) is 16.0 Å². The number of benzene rings is 1. The van der Waals surface area contributed by atoms with E-state index in [9.17, 15) is 19.5 Å².